The topological polar surface area (TPSA) is 30.5 Å². The summed E-state index contributed by atoms with van der Waals surface area (Å²) in [6.45, 7) is 10.8. The first kappa shape index (κ1) is 16.5. The van der Waals surface area contributed by atoms with Gasteiger partial charge in [-0.1, -0.05) is 36.2 Å². The van der Waals surface area contributed by atoms with Crippen molar-refractivity contribution < 1.29 is 9.47 Å². The number of benzene rings is 1. The molecule has 1 aliphatic rings. The Morgan fingerprint density at radius 3 is 2.67 bits per heavy atom. The third-order valence-corrected chi connectivity index (χ3v) is 3.95. The summed E-state index contributed by atoms with van der Waals surface area (Å²) >= 11 is 0. The van der Waals surface area contributed by atoms with Gasteiger partial charge in [0.2, 0.25) is 0 Å². The van der Waals surface area contributed by atoms with Gasteiger partial charge in [0.1, 0.15) is 0 Å². The minimum atomic E-state index is 0.283. The molecule has 0 saturated carbocycles. The maximum absolute atomic E-state index is 5.97. The van der Waals surface area contributed by atoms with Crippen molar-refractivity contribution in [2.75, 3.05) is 33.0 Å². The highest BCUT2D eigenvalue weighted by Crippen LogP contribution is 2.19. The Morgan fingerprint density at radius 1 is 1.29 bits per heavy atom. The number of nitrogens with one attached hydrogen (secondary N) is 1. The summed E-state index contributed by atoms with van der Waals surface area (Å²) in [5.74, 6) is 0.580. The first-order chi connectivity index (χ1) is 10.2. The average molecular weight is 291 g/mol. The Labute approximate surface area is 129 Å². The van der Waals surface area contributed by atoms with Crippen molar-refractivity contribution in [3.63, 3.8) is 0 Å². The van der Waals surface area contributed by atoms with Crippen LogP contribution >= 0.6 is 0 Å². The van der Waals surface area contributed by atoms with Crippen LogP contribution in [0, 0.1) is 19.8 Å². The maximum Gasteiger partial charge on any atom is 0.0661 e. The van der Waals surface area contributed by atoms with E-state index >= 15 is 0 Å². The van der Waals surface area contributed by atoms with Crippen LogP contribution in [0.2, 0.25) is 0 Å². The Bertz CT molecular complexity index is 407. The predicted octanol–water partition coefficient (Wildman–Crippen LogP) is 3.40. The van der Waals surface area contributed by atoms with Gasteiger partial charge in [-0.25, -0.2) is 0 Å². The second-order valence-electron chi connectivity index (χ2n) is 6.19. The van der Waals surface area contributed by atoms with Gasteiger partial charge in [0.05, 0.1) is 25.9 Å². The van der Waals surface area contributed by atoms with E-state index in [0.717, 1.165) is 45.8 Å². The second-order valence-corrected chi connectivity index (χ2v) is 6.19. The molecule has 1 aliphatic heterocycles. The minimum Gasteiger partial charge on any atom is -0.381 e. The fourth-order valence-electron chi connectivity index (χ4n) is 2.87. The molecule has 0 spiro atoms. The van der Waals surface area contributed by atoms with E-state index in [4.69, 9.17) is 9.47 Å². The van der Waals surface area contributed by atoms with E-state index in [9.17, 15) is 0 Å². The summed E-state index contributed by atoms with van der Waals surface area (Å²) in [5, 5.41) is 3.61. The van der Waals surface area contributed by atoms with Gasteiger partial charge in [0.15, 0.2) is 0 Å². The summed E-state index contributed by atoms with van der Waals surface area (Å²) in [6, 6.07) is 7.04. The standard InChI is InChI=1S/C18H29NO2/c1-4-6-19-18(13-21-12-16-5-7-20-11-16)17-9-14(2)8-15(3)10-17/h8-10,16,18-19H,4-7,11-13H2,1-3H3. The molecule has 0 aliphatic carbocycles. The number of hydrogen-bond acceptors (Lipinski definition) is 3. The van der Waals surface area contributed by atoms with Gasteiger partial charge in [-0.05, 0) is 38.8 Å². The van der Waals surface area contributed by atoms with Crippen molar-refractivity contribution in [3.8, 4) is 0 Å². The second kappa shape index (κ2) is 8.52. The Kier molecular flexibility index (Phi) is 6.68. The van der Waals surface area contributed by atoms with Crippen LogP contribution in [0.1, 0.15) is 42.5 Å². The molecular weight excluding hydrogens is 262 g/mol. The lowest BCUT2D eigenvalue weighted by molar-refractivity contribution is 0.0744. The maximum atomic E-state index is 5.97. The number of rotatable bonds is 8. The van der Waals surface area contributed by atoms with Gasteiger partial charge in [-0.3, -0.25) is 0 Å². The van der Waals surface area contributed by atoms with E-state index in [0.29, 0.717) is 5.92 Å². The van der Waals surface area contributed by atoms with Crippen LogP contribution in [0.4, 0.5) is 0 Å². The lowest BCUT2D eigenvalue weighted by atomic mass is 10.0. The summed E-state index contributed by atoms with van der Waals surface area (Å²) in [6.07, 6.45) is 2.27. The molecular formula is C18H29NO2. The third kappa shape index (κ3) is 5.42. The molecule has 0 aromatic heterocycles. The molecule has 3 nitrogen and oxygen atoms in total. The number of hydrogen-bond donors (Lipinski definition) is 1. The Hall–Kier alpha value is -0.900. The Balaban J connectivity index is 1.92. The third-order valence-electron chi connectivity index (χ3n) is 3.95. The zero-order valence-electron chi connectivity index (χ0n) is 13.7. The molecule has 1 aromatic rings. The molecule has 1 N–H and O–H groups in total. The molecule has 1 heterocycles. The van der Waals surface area contributed by atoms with Gasteiger partial charge in [-0.15, -0.1) is 0 Å². The van der Waals surface area contributed by atoms with Gasteiger partial charge >= 0.3 is 0 Å². The first-order valence-electron chi connectivity index (χ1n) is 8.16. The quantitative estimate of drug-likeness (QED) is 0.796. The molecule has 118 valence electrons. The molecule has 3 heteroatoms. The molecule has 0 amide bonds. The smallest absolute Gasteiger partial charge is 0.0661 e. The van der Waals surface area contributed by atoms with Crippen molar-refractivity contribution >= 4 is 0 Å². The monoisotopic (exact) mass is 291 g/mol. The zero-order chi connectivity index (χ0) is 15.1. The van der Waals surface area contributed by atoms with Crippen LogP contribution in [0.15, 0.2) is 18.2 Å². The molecule has 1 saturated heterocycles. The fraction of sp³-hybridized carbons (Fsp3) is 0.667. The summed E-state index contributed by atoms with van der Waals surface area (Å²) in [7, 11) is 0. The summed E-state index contributed by atoms with van der Waals surface area (Å²) in [4.78, 5) is 0. The van der Waals surface area contributed by atoms with Crippen LogP contribution in [-0.4, -0.2) is 33.0 Å². The molecule has 1 aromatic carbocycles. The number of ether oxygens (including phenoxy) is 2. The van der Waals surface area contributed by atoms with Crippen LogP contribution in [0.3, 0.4) is 0 Å². The van der Waals surface area contributed by atoms with Gasteiger partial charge in [0, 0.05) is 12.5 Å². The van der Waals surface area contributed by atoms with Gasteiger partial charge in [-0.2, -0.15) is 0 Å². The van der Waals surface area contributed by atoms with Crippen LogP contribution in [0.5, 0.6) is 0 Å². The summed E-state index contributed by atoms with van der Waals surface area (Å²) < 4.78 is 11.4. The molecule has 21 heavy (non-hydrogen) atoms. The molecule has 1 fully saturated rings. The van der Waals surface area contributed by atoms with E-state index in [1.807, 2.05) is 0 Å². The highest BCUT2D eigenvalue weighted by Gasteiger charge is 2.17. The van der Waals surface area contributed by atoms with E-state index in [1.165, 1.54) is 16.7 Å². The van der Waals surface area contributed by atoms with Crippen LogP contribution in [0.25, 0.3) is 0 Å². The van der Waals surface area contributed by atoms with Crippen LogP contribution < -0.4 is 5.32 Å². The van der Waals surface area contributed by atoms with E-state index in [2.05, 4.69) is 44.3 Å². The first-order valence-corrected chi connectivity index (χ1v) is 8.16. The highest BCUT2D eigenvalue weighted by molar-refractivity contribution is 5.30. The van der Waals surface area contributed by atoms with Crippen molar-refractivity contribution in [2.45, 2.75) is 39.7 Å². The van der Waals surface area contributed by atoms with E-state index in [1.54, 1.807) is 0 Å². The average Bonchev–Trinajstić information content (AvgIpc) is 2.94. The normalized spacial score (nSPS) is 19.9. The predicted molar refractivity (Wildman–Crippen MR) is 86.7 cm³/mol. The SMILES string of the molecule is CCCNC(COCC1CCOC1)c1cc(C)cc(C)c1. The molecule has 2 unspecified atom stereocenters. The largest absolute Gasteiger partial charge is 0.381 e. The van der Waals surface area contributed by atoms with Gasteiger partial charge in [0.25, 0.3) is 0 Å². The van der Waals surface area contributed by atoms with Crippen molar-refractivity contribution in [3.05, 3.63) is 34.9 Å². The number of aryl methyl sites for hydroxylation is 2. The highest BCUT2D eigenvalue weighted by atomic mass is 16.5. The molecule has 2 atom stereocenters. The van der Waals surface area contributed by atoms with Crippen molar-refractivity contribution in [2.24, 2.45) is 5.92 Å². The Morgan fingerprint density at radius 2 is 2.05 bits per heavy atom. The lowest BCUT2D eigenvalue weighted by Crippen LogP contribution is -2.27. The van der Waals surface area contributed by atoms with E-state index in [-0.39, 0.29) is 6.04 Å². The van der Waals surface area contributed by atoms with Crippen molar-refractivity contribution in [1.29, 1.82) is 0 Å². The summed E-state index contributed by atoms with van der Waals surface area (Å²) in [5.41, 5.74) is 3.97. The van der Waals surface area contributed by atoms with Crippen LogP contribution in [-0.2, 0) is 9.47 Å². The van der Waals surface area contributed by atoms with Crippen molar-refractivity contribution in [1.82, 2.24) is 5.32 Å². The lowest BCUT2D eigenvalue weighted by Gasteiger charge is -2.21. The molecule has 0 bridgehead atoms. The molecule has 2 rings (SSSR count). The minimum absolute atomic E-state index is 0.283. The molecule has 0 radical (unpaired) electrons. The zero-order valence-corrected chi connectivity index (χ0v) is 13.7. The fourth-order valence-corrected chi connectivity index (χ4v) is 2.87. The van der Waals surface area contributed by atoms with E-state index < -0.39 is 0 Å². The van der Waals surface area contributed by atoms with Gasteiger partial charge < -0.3 is 14.8 Å².